The summed E-state index contributed by atoms with van der Waals surface area (Å²) in [6, 6.07) is 21.4. The molecule has 16 heteroatoms. The highest BCUT2D eigenvalue weighted by atomic mass is 16.6. The molecule has 6 rings (SSSR count). The minimum Gasteiger partial charge on any atom is -0.258 e. The van der Waals surface area contributed by atoms with E-state index in [-0.39, 0.29) is 34.1 Å². The summed E-state index contributed by atoms with van der Waals surface area (Å²) >= 11 is 0. The third-order valence-corrected chi connectivity index (χ3v) is 6.05. The molecule has 0 aliphatic rings. The number of nitro groups is 4. The maximum absolute atomic E-state index is 11.1. The monoisotopic (exact) mass is 568 g/mol. The molecule has 0 bridgehead atoms. The van der Waals surface area contributed by atoms with E-state index in [2.05, 4.69) is 10.2 Å². The quantitative estimate of drug-likeness (QED) is 0.177. The zero-order valence-corrected chi connectivity index (χ0v) is 21.1. The number of benzene rings is 4. The molecule has 16 nitrogen and oxygen atoms in total. The largest absolute Gasteiger partial charge is 0.301 e. The summed E-state index contributed by atoms with van der Waals surface area (Å²) in [6.45, 7) is 0. The van der Waals surface area contributed by atoms with Crippen LogP contribution in [-0.4, -0.2) is 39.3 Å². The predicted molar refractivity (Wildman–Crippen MR) is 149 cm³/mol. The Morgan fingerprint density at radius 3 is 1.21 bits per heavy atom. The van der Waals surface area contributed by atoms with Gasteiger partial charge in [0.25, 0.3) is 11.4 Å². The van der Waals surface area contributed by atoms with Crippen LogP contribution in [0.4, 0.5) is 22.7 Å². The van der Waals surface area contributed by atoms with E-state index in [0.29, 0.717) is 11.0 Å². The molecule has 0 atom stereocenters. The van der Waals surface area contributed by atoms with Crippen LogP contribution in [0.3, 0.4) is 0 Å². The molecule has 0 amide bonds. The Balaban J connectivity index is 0.000000168. The van der Waals surface area contributed by atoms with Gasteiger partial charge in [-0.15, -0.1) is 0 Å². The van der Waals surface area contributed by atoms with Gasteiger partial charge in [-0.25, -0.2) is 9.36 Å². The van der Waals surface area contributed by atoms with Crippen LogP contribution in [0.5, 0.6) is 0 Å². The Morgan fingerprint density at radius 1 is 0.500 bits per heavy atom. The van der Waals surface area contributed by atoms with Crippen molar-refractivity contribution < 1.29 is 19.7 Å². The molecule has 2 heterocycles. The van der Waals surface area contributed by atoms with Gasteiger partial charge in [0.1, 0.15) is 11.4 Å². The van der Waals surface area contributed by atoms with Crippen molar-refractivity contribution in [1.82, 2.24) is 19.6 Å². The number of non-ortho nitro benzene ring substituents is 2. The molecule has 0 aliphatic carbocycles. The van der Waals surface area contributed by atoms with Crippen molar-refractivity contribution >= 4 is 44.6 Å². The highest BCUT2D eigenvalue weighted by Gasteiger charge is 2.22. The lowest BCUT2D eigenvalue weighted by Gasteiger charge is -2.02. The summed E-state index contributed by atoms with van der Waals surface area (Å²) in [7, 11) is 0. The first-order chi connectivity index (χ1) is 20.1. The van der Waals surface area contributed by atoms with Crippen LogP contribution in [0.2, 0.25) is 0 Å². The molecule has 2 aromatic heterocycles. The van der Waals surface area contributed by atoms with Gasteiger partial charge in [-0.3, -0.25) is 40.5 Å². The molecule has 4 aromatic carbocycles. The maximum atomic E-state index is 11.1. The minimum absolute atomic E-state index is 0.182. The Morgan fingerprint density at radius 2 is 0.881 bits per heavy atom. The molecular weight excluding hydrogens is 552 g/mol. The van der Waals surface area contributed by atoms with Gasteiger partial charge >= 0.3 is 11.4 Å². The fourth-order valence-corrected chi connectivity index (χ4v) is 4.11. The lowest BCUT2D eigenvalue weighted by atomic mass is 10.2. The minimum atomic E-state index is -0.670. The van der Waals surface area contributed by atoms with Gasteiger partial charge in [-0.2, -0.15) is 10.2 Å². The zero-order chi connectivity index (χ0) is 30.0. The summed E-state index contributed by atoms with van der Waals surface area (Å²) in [6.07, 6.45) is 3.28. The van der Waals surface area contributed by atoms with Crippen molar-refractivity contribution in [2.24, 2.45) is 0 Å². The Labute approximate surface area is 233 Å². The molecule has 0 saturated heterocycles. The Bertz CT molecular complexity index is 1820. The highest BCUT2D eigenvalue weighted by molar-refractivity contribution is 5.79. The van der Waals surface area contributed by atoms with Crippen LogP contribution >= 0.6 is 0 Å². The first kappa shape index (κ1) is 27.0. The second-order valence-corrected chi connectivity index (χ2v) is 8.64. The summed E-state index contributed by atoms with van der Waals surface area (Å²) in [5, 5.41) is 53.8. The van der Waals surface area contributed by atoms with Crippen molar-refractivity contribution in [2.45, 2.75) is 0 Å². The van der Waals surface area contributed by atoms with Crippen molar-refractivity contribution in [3.63, 3.8) is 0 Å². The number of rotatable bonds is 6. The number of hydrogen-bond acceptors (Lipinski definition) is 10. The average Bonchev–Trinajstić information content (AvgIpc) is 3.61. The van der Waals surface area contributed by atoms with E-state index in [1.54, 1.807) is 24.5 Å². The molecule has 208 valence electrons. The number of fused-ring (bicyclic) bond motifs is 2. The van der Waals surface area contributed by atoms with E-state index < -0.39 is 19.7 Å². The third kappa shape index (κ3) is 5.30. The Kier molecular flexibility index (Phi) is 7.00. The van der Waals surface area contributed by atoms with Crippen molar-refractivity contribution in [3.8, 4) is 11.4 Å². The molecule has 0 N–H and O–H groups in total. The number of aromatic nitrogens is 4. The van der Waals surface area contributed by atoms with Gasteiger partial charge < -0.3 is 0 Å². The summed E-state index contributed by atoms with van der Waals surface area (Å²) in [4.78, 5) is 41.0. The first-order valence-corrected chi connectivity index (χ1v) is 11.9. The first-order valence-electron chi connectivity index (χ1n) is 11.9. The van der Waals surface area contributed by atoms with Gasteiger partial charge in [0.2, 0.25) is 0 Å². The smallest absolute Gasteiger partial charge is 0.258 e. The van der Waals surface area contributed by atoms with Crippen LogP contribution in [0.25, 0.3) is 33.2 Å². The van der Waals surface area contributed by atoms with E-state index in [1.807, 2.05) is 36.4 Å². The summed E-state index contributed by atoms with van der Waals surface area (Å²) in [5.41, 5.74) is 0.345. The molecule has 6 aromatic rings. The predicted octanol–water partition coefficient (Wildman–Crippen LogP) is 5.68. The van der Waals surface area contributed by atoms with Gasteiger partial charge in [0, 0.05) is 35.3 Å². The lowest BCUT2D eigenvalue weighted by molar-refractivity contribution is -0.394. The van der Waals surface area contributed by atoms with Gasteiger partial charge in [-0.1, -0.05) is 36.4 Å². The van der Waals surface area contributed by atoms with E-state index in [4.69, 9.17) is 0 Å². The van der Waals surface area contributed by atoms with E-state index in [1.165, 1.54) is 33.6 Å². The molecule has 0 fully saturated rings. The SMILES string of the molecule is O=[N+]([O-])c1ccc(-n2cc3ccccc3n2)c([N+](=O)[O-])c1.O=[N+]([O-])c1ccc(-n2cc3ccccc3n2)c([N+](=O)[O-])c1. The fraction of sp³-hybridized carbons (Fsp3) is 0. The van der Waals surface area contributed by atoms with Crippen LogP contribution in [-0.2, 0) is 0 Å². The second kappa shape index (κ2) is 10.9. The topological polar surface area (TPSA) is 208 Å². The Hall–Kier alpha value is -6.58. The summed E-state index contributed by atoms with van der Waals surface area (Å²) in [5.74, 6) is 0. The van der Waals surface area contributed by atoms with Crippen molar-refractivity contribution in [2.75, 3.05) is 0 Å². The molecule has 0 aliphatic heterocycles. The average molecular weight is 568 g/mol. The zero-order valence-electron chi connectivity index (χ0n) is 21.1. The number of nitro benzene ring substituents is 4. The van der Waals surface area contributed by atoms with E-state index in [9.17, 15) is 40.5 Å². The molecule has 0 saturated carbocycles. The molecule has 0 spiro atoms. The normalized spacial score (nSPS) is 10.7. The van der Waals surface area contributed by atoms with Crippen molar-refractivity contribution in [3.05, 3.63) is 138 Å². The van der Waals surface area contributed by atoms with Gasteiger partial charge in [0.15, 0.2) is 0 Å². The van der Waals surface area contributed by atoms with Gasteiger partial charge in [-0.05, 0) is 24.3 Å². The molecular formula is C26H16N8O8. The fourth-order valence-electron chi connectivity index (χ4n) is 4.11. The van der Waals surface area contributed by atoms with Crippen molar-refractivity contribution in [1.29, 1.82) is 0 Å². The molecule has 0 unspecified atom stereocenters. The second-order valence-electron chi connectivity index (χ2n) is 8.64. The standard InChI is InChI=1S/2C13H8N4O4/c2*18-16(19)10-5-6-12(13(7-10)17(20)21)15-8-9-3-1-2-4-11(9)14-15/h2*1-8H. The third-order valence-electron chi connectivity index (χ3n) is 6.05. The number of nitrogens with zero attached hydrogens (tertiary/aromatic N) is 8. The molecule has 42 heavy (non-hydrogen) atoms. The molecule has 0 radical (unpaired) electrons. The highest BCUT2D eigenvalue weighted by Crippen LogP contribution is 2.29. The van der Waals surface area contributed by atoms with E-state index >= 15 is 0 Å². The maximum Gasteiger partial charge on any atom is 0.301 e. The van der Waals surface area contributed by atoms with Gasteiger partial charge in [0.05, 0.1) is 42.9 Å². The number of hydrogen-bond donors (Lipinski definition) is 0. The lowest BCUT2D eigenvalue weighted by Crippen LogP contribution is -2.01. The van der Waals surface area contributed by atoms with Crippen LogP contribution in [0.15, 0.2) is 97.3 Å². The van der Waals surface area contributed by atoms with Crippen LogP contribution < -0.4 is 0 Å². The van der Waals surface area contributed by atoms with E-state index in [0.717, 1.165) is 22.9 Å². The van der Waals surface area contributed by atoms with Crippen LogP contribution in [0.1, 0.15) is 0 Å². The van der Waals surface area contributed by atoms with Crippen LogP contribution in [0, 0.1) is 40.5 Å². The summed E-state index contributed by atoms with van der Waals surface area (Å²) < 4.78 is 2.71.